The summed E-state index contributed by atoms with van der Waals surface area (Å²) in [6, 6.07) is 30.3. The largest absolute Gasteiger partial charge is 0.364 e. The maximum absolute atomic E-state index is 4.65. The molecule has 0 atom stereocenters. The quantitative estimate of drug-likeness (QED) is 0.175. The van der Waals surface area contributed by atoms with E-state index in [1.165, 1.54) is 78.0 Å². The zero-order valence-electron chi connectivity index (χ0n) is 28.8. The fourth-order valence-corrected chi connectivity index (χ4v) is 7.07. The zero-order valence-corrected chi connectivity index (χ0v) is 28.8. The topological polar surface area (TPSA) is 19.4 Å². The van der Waals surface area contributed by atoms with Crippen molar-refractivity contribution in [2.45, 2.75) is 80.4 Å². The number of piperidine rings is 1. The highest BCUT2D eigenvalue weighted by Crippen LogP contribution is 2.31. The summed E-state index contributed by atoms with van der Waals surface area (Å²) in [6.45, 7) is 19.5. The van der Waals surface area contributed by atoms with Crippen molar-refractivity contribution < 1.29 is 0 Å². The van der Waals surface area contributed by atoms with Gasteiger partial charge >= 0.3 is 0 Å². The van der Waals surface area contributed by atoms with E-state index in [1.54, 1.807) is 0 Å². The summed E-state index contributed by atoms with van der Waals surface area (Å²) in [5.74, 6) is 0. The van der Waals surface area contributed by atoms with E-state index in [0.717, 1.165) is 39.0 Å². The van der Waals surface area contributed by atoms with Crippen LogP contribution in [0.5, 0.6) is 0 Å². The first-order valence-corrected chi connectivity index (χ1v) is 16.9. The van der Waals surface area contributed by atoms with Crippen LogP contribution in [0.15, 0.2) is 91.3 Å². The van der Waals surface area contributed by atoms with Gasteiger partial charge in [-0.15, -0.1) is 0 Å². The van der Waals surface area contributed by atoms with Crippen LogP contribution in [0.25, 0.3) is 22.3 Å². The van der Waals surface area contributed by atoms with Crippen LogP contribution in [-0.4, -0.2) is 29.0 Å². The van der Waals surface area contributed by atoms with Gasteiger partial charge in [-0.3, -0.25) is 9.88 Å². The van der Waals surface area contributed by atoms with Crippen molar-refractivity contribution in [2.24, 2.45) is 0 Å². The van der Waals surface area contributed by atoms with Crippen LogP contribution >= 0.6 is 0 Å². The predicted octanol–water partition coefficient (Wildman–Crippen LogP) is 10.2. The Bertz CT molecular complexity index is 1800. The molecule has 0 saturated carbocycles. The third kappa shape index (κ3) is 7.11. The van der Waals surface area contributed by atoms with Gasteiger partial charge in [-0.05, 0) is 152 Å². The lowest BCUT2D eigenvalue weighted by Gasteiger charge is -2.40. The first-order valence-electron chi connectivity index (χ1n) is 16.9. The molecule has 3 nitrogen and oxygen atoms in total. The zero-order chi connectivity index (χ0) is 32.4. The van der Waals surface area contributed by atoms with Gasteiger partial charge in [0, 0.05) is 55.9 Å². The number of likely N-dealkylation sites (tertiary alicyclic amines) is 1. The minimum atomic E-state index is 0.494. The fraction of sp³-hybridized carbons (Fsp3) is 0.326. The number of hydrogen-bond acceptors (Lipinski definition) is 3. The van der Waals surface area contributed by atoms with Crippen molar-refractivity contribution in [3.05, 3.63) is 141 Å². The molecule has 0 bridgehead atoms. The molecule has 2 heterocycles. The molecule has 1 aliphatic rings. The van der Waals surface area contributed by atoms with Crippen molar-refractivity contribution in [3.8, 4) is 22.3 Å². The first-order chi connectivity index (χ1) is 22.1. The number of anilines is 1. The molecule has 1 saturated heterocycles. The number of benzene rings is 4. The normalized spacial score (nSPS) is 14.1. The van der Waals surface area contributed by atoms with E-state index >= 15 is 0 Å². The van der Waals surface area contributed by atoms with Crippen molar-refractivity contribution in [1.82, 2.24) is 9.88 Å². The molecule has 4 aromatic carbocycles. The van der Waals surface area contributed by atoms with Crippen molar-refractivity contribution in [1.29, 1.82) is 0 Å². The van der Waals surface area contributed by atoms with Crippen LogP contribution in [0, 0.1) is 48.5 Å². The Morgan fingerprint density at radius 1 is 0.609 bits per heavy atom. The van der Waals surface area contributed by atoms with Crippen molar-refractivity contribution in [3.63, 3.8) is 0 Å². The van der Waals surface area contributed by atoms with Crippen LogP contribution in [0.1, 0.15) is 62.9 Å². The third-order valence-electron chi connectivity index (χ3n) is 10.3. The van der Waals surface area contributed by atoms with Crippen LogP contribution in [0.4, 0.5) is 5.69 Å². The van der Waals surface area contributed by atoms with Crippen LogP contribution in [0.3, 0.4) is 0 Å². The maximum Gasteiger partial charge on any atom is 0.0432 e. The lowest BCUT2D eigenvalue weighted by atomic mass is 9.95. The molecular formula is C43H49N3. The standard InChI is InChI=1S/C43H49N3/c1-29-10-8-13-43(18-29)46(28-36-11-9-12-38(23-36)39-19-30(2)34(6)31(3)20-39)42-14-16-45(17-15-42)27-37-24-41(26-44-25-37)40-21-32(4)35(7)33(5)22-40/h8-13,18-26,42H,14-17,27-28H2,1-7H3. The Balaban J connectivity index is 1.18. The van der Waals surface area contributed by atoms with E-state index in [0.29, 0.717) is 6.04 Å². The van der Waals surface area contributed by atoms with Crippen LogP contribution in [0.2, 0.25) is 0 Å². The SMILES string of the molecule is Cc1cccc(N(Cc2cccc(-c3cc(C)c(C)c(C)c3)c2)C2CCN(Cc3cncc(-c4cc(C)c(C)c(C)c4)c3)CC2)c1. The minimum absolute atomic E-state index is 0.494. The molecule has 1 fully saturated rings. The van der Waals surface area contributed by atoms with E-state index in [9.17, 15) is 0 Å². The Hall–Kier alpha value is -4.21. The summed E-state index contributed by atoms with van der Waals surface area (Å²) in [7, 11) is 0. The number of hydrogen-bond donors (Lipinski definition) is 0. The third-order valence-corrected chi connectivity index (χ3v) is 10.3. The molecule has 46 heavy (non-hydrogen) atoms. The molecule has 236 valence electrons. The van der Waals surface area contributed by atoms with E-state index in [1.807, 2.05) is 12.4 Å². The molecule has 1 aromatic heterocycles. The van der Waals surface area contributed by atoms with E-state index in [2.05, 4.69) is 142 Å². The molecular weight excluding hydrogens is 558 g/mol. The number of nitrogens with zero attached hydrogens (tertiary/aromatic N) is 3. The molecule has 0 aliphatic carbocycles. The molecule has 0 radical (unpaired) electrons. The van der Waals surface area contributed by atoms with E-state index < -0.39 is 0 Å². The second kappa shape index (κ2) is 13.6. The highest BCUT2D eigenvalue weighted by molar-refractivity contribution is 5.68. The summed E-state index contributed by atoms with van der Waals surface area (Å²) in [4.78, 5) is 9.93. The van der Waals surface area contributed by atoms with Gasteiger partial charge in [0.05, 0.1) is 0 Å². The first kappa shape index (κ1) is 31.8. The monoisotopic (exact) mass is 607 g/mol. The molecule has 6 rings (SSSR count). The summed E-state index contributed by atoms with van der Waals surface area (Å²) < 4.78 is 0. The Morgan fingerprint density at radius 2 is 1.20 bits per heavy atom. The average molecular weight is 608 g/mol. The van der Waals surface area contributed by atoms with Crippen molar-refractivity contribution >= 4 is 5.69 Å². The molecule has 0 amide bonds. The Morgan fingerprint density at radius 3 is 1.83 bits per heavy atom. The van der Waals surface area contributed by atoms with E-state index in [4.69, 9.17) is 0 Å². The molecule has 0 N–H and O–H groups in total. The van der Waals surface area contributed by atoms with Gasteiger partial charge in [-0.1, -0.05) is 54.6 Å². The summed E-state index contributed by atoms with van der Waals surface area (Å²) in [6.07, 6.45) is 6.35. The highest BCUT2D eigenvalue weighted by atomic mass is 15.2. The lowest BCUT2D eigenvalue weighted by Crippen LogP contribution is -2.44. The molecule has 5 aromatic rings. The maximum atomic E-state index is 4.65. The highest BCUT2D eigenvalue weighted by Gasteiger charge is 2.26. The lowest BCUT2D eigenvalue weighted by molar-refractivity contribution is 0.200. The second-order valence-electron chi connectivity index (χ2n) is 13.7. The van der Waals surface area contributed by atoms with Gasteiger partial charge in [0.25, 0.3) is 0 Å². The van der Waals surface area contributed by atoms with Gasteiger partial charge < -0.3 is 4.90 Å². The molecule has 1 aliphatic heterocycles. The second-order valence-corrected chi connectivity index (χ2v) is 13.7. The van der Waals surface area contributed by atoms with Crippen LogP contribution in [-0.2, 0) is 13.1 Å². The number of aryl methyl sites for hydroxylation is 5. The number of pyridine rings is 1. The fourth-order valence-electron chi connectivity index (χ4n) is 7.07. The van der Waals surface area contributed by atoms with Crippen LogP contribution < -0.4 is 4.90 Å². The van der Waals surface area contributed by atoms with Crippen molar-refractivity contribution in [2.75, 3.05) is 18.0 Å². The molecule has 0 unspecified atom stereocenters. The summed E-state index contributed by atoms with van der Waals surface area (Å²) in [5, 5.41) is 0. The average Bonchev–Trinajstić information content (AvgIpc) is 3.05. The Labute approximate surface area is 277 Å². The van der Waals surface area contributed by atoms with Gasteiger partial charge in [-0.2, -0.15) is 0 Å². The van der Waals surface area contributed by atoms with Gasteiger partial charge in [0.15, 0.2) is 0 Å². The molecule has 0 spiro atoms. The summed E-state index contributed by atoms with van der Waals surface area (Å²) >= 11 is 0. The van der Waals surface area contributed by atoms with E-state index in [-0.39, 0.29) is 0 Å². The van der Waals surface area contributed by atoms with Gasteiger partial charge in [0.1, 0.15) is 0 Å². The van der Waals surface area contributed by atoms with Gasteiger partial charge in [-0.25, -0.2) is 0 Å². The molecule has 3 heteroatoms. The number of rotatable bonds is 8. The number of aromatic nitrogens is 1. The Kier molecular flexibility index (Phi) is 9.42. The van der Waals surface area contributed by atoms with Gasteiger partial charge in [0.2, 0.25) is 0 Å². The summed E-state index contributed by atoms with van der Waals surface area (Å²) in [5.41, 5.74) is 18.5. The minimum Gasteiger partial charge on any atom is -0.364 e. The predicted molar refractivity (Wildman–Crippen MR) is 196 cm³/mol. The smallest absolute Gasteiger partial charge is 0.0432 e.